The lowest BCUT2D eigenvalue weighted by Gasteiger charge is -2.28. The third-order valence-electron chi connectivity index (χ3n) is 12.0. The molecule has 0 radical (unpaired) electrons. The average molecular weight is 816 g/mol. The minimum absolute atomic E-state index is 0.827. The molecular formula is C58H49N5. The van der Waals surface area contributed by atoms with Gasteiger partial charge in [-0.3, -0.25) is 4.90 Å². The highest BCUT2D eigenvalue weighted by molar-refractivity contribution is 6.29. The van der Waals surface area contributed by atoms with Crippen molar-refractivity contribution in [2.75, 3.05) is 14.7 Å². The average Bonchev–Trinajstić information content (AvgIpc) is 3.98. The van der Waals surface area contributed by atoms with Crippen molar-refractivity contribution in [1.82, 2.24) is 0 Å². The molecular weight excluding hydrogens is 767 g/mol. The van der Waals surface area contributed by atoms with Crippen LogP contribution in [0, 0.1) is 27.7 Å². The van der Waals surface area contributed by atoms with Gasteiger partial charge in [0, 0.05) is 45.9 Å². The first-order valence-electron chi connectivity index (χ1n) is 21.7. The zero-order valence-corrected chi connectivity index (χ0v) is 36.2. The molecule has 306 valence electrons. The van der Waals surface area contributed by atoms with Crippen molar-refractivity contribution in [1.29, 1.82) is 0 Å². The van der Waals surface area contributed by atoms with Crippen LogP contribution in [0.1, 0.15) is 55.6 Å². The van der Waals surface area contributed by atoms with Gasteiger partial charge in [-0.05, 0) is 99.5 Å². The molecule has 0 unspecified atom stereocenters. The number of aryl methyl sites for hydroxylation is 4. The summed E-state index contributed by atoms with van der Waals surface area (Å²) in [6.07, 6.45) is 0. The maximum atomic E-state index is 5.29. The third-order valence-corrected chi connectivity index (χ3v) is 12.0. The second-order valence-corrected chi connectivity index (χ2v) is 16.6. The van der Waals surface area contributed by atoms with E-state index >= 15 is 0 Å². The van der Waals surface area contributed by atoms with Crippen molar-refractivity contribution in [2.45, 2.75) is 40.8 Å². The van der Waals surface area contributed by atoms with Gasteiger partial charge < -0.3 is 9.80 Å². The lowest BCUT2D eigenvalue weighted by Crippen LogP contribution is -2.26. The highest BCUT2D eigenvalue weighted by Gasteiger charge is 2.38. The summed E-state index contributed by atoms with van der Waals surface area (Å²) in [4.78, 5) is 17.4. The molecule has 0 bridgehead atoms. The topological polar surface area (TPSA) is 34.4 Å². The van der Waals surface area contributed by atoms with Gasteiger partial charge in [-0.2, -0.15) is 0 Å². The van der Waals surface area contributed by atoms with Gasteiger partial charge in [0.1, 0.15) is 11.7 Å². The summed E-state index contributed by atoms with van der Waals surface area (Å²) >= 11 is 0. The number of nitrogens with zero attached hydrogens (tertiary/aromatic N) is 5. The molecule has 8 aromatic carbocycles. The van der Waals surface area contributed by atoms with Crippen LogP contribution in [-0.4, -0.2) is 11.7 Å². The van der Waals surface area contributed by atoms with Gasteiger partial charge in [-0.25, -0.2) is 9.98 Å². The highest BCUT2D eigenvalue weighted by atomic mass is 15.3. The summed E-state index contributed by atoms with van der Waals surface area (Å²) in [5.74, 6) is 1.97. The Bertz CT molecular complexity index is 3020. The number of amidine groups is 2. The molecule has 5 nitrogen and oxygen atoms in total. The number of para-hydroxylation sites is 1. The van der Waals surface area contributed by atoms with Crippen LogP contribution < -0.4 is 14.7 Å². The third kappa shape index (κ3) is 7.86. The van der Waals surface area contributed by atoms with Crippen molar-refractivity contribution < 1.29 is 0 Å². The van der Waals surface area contributed by atoms with Crippen LogP contribution in [0.5, 0.6) is 0 Å². The quantitative estimate of drug-likeness (QED) is 0.174. The first-order valence-corrected chi connectivity index (χ1v) is 21.7. The maximum Gasteiger partial charge on any atom is 0.146 e. The fourth-order valence-electron chi connectivity index (χ4n) is 8.70. The minimum Gasteiger partial charge on any atom is -0.335 e. The molecule has 0 aromatic heterocycles. The van der Waals surface area contributed by atoms with Crippen molar-refractivity contribution >= 4 is 51.5 Å². The van der Waals surface area contributed by atoms with E-state index in [0.29, 0.717) is 0 Å². The van der Waals surface area contributed by atoms with Crippen LogP contribution in [0.15, 0.2) is 210 Å². The van der Waals surface area contributed by atoms with Crippen LogP contribution in [0.25, 0.3) is 11.4 Å². The van der Waals surface area contributed by atoms with E-state index in [2.05, 4.69) is 243 Å². The lowest BCUT2D eigenvalue weighted by atomic mass is 10.0. The Kier molecular flexibility index (Phi) is 10.6. The Morgan fingerprint density at radius 3 is 1.32 bits per heavy atom. The molecule has 0 spiro atoms. The Hall–Kier alpha value is -7.76. The smallest absolute Gasteiger partial charge is 0.146 e. The number of hydrogen-bond acceptors (Lipinski definition) is 3. The molecule has 0 saturated carbocycles. The molecule has 0 saturated heterocycles. The molecule has 0 fully saturated rings. The molecule has 11 rings (SSSR count). The number of fused-ring (bicyclic) bond motifs is 3. The van der Waals surface area contributed by atoms with Crippen LogP contribution in [0.3, 0.4) is 0 Å². The Morgan fingerprint density at radius 2 is 0.730 bits per heavy atom. The van der Waals surface area contributed by atoms with Crippen molar-refractivity contribution in [2.24, 2.45) is 9.98 Å². The molecule has 3 heterocycles. The monoisotopic (exact) mass is 815 g/mol. The van der Waals surface area contributed by atoms with Crippen LogP contribution in [0.4, 0.5) is 28.4 Å². The van der Waals surface area contributed by atoms with Gasteiger partial charge in [-0.15, -0.1) is 0 Å². The van der Waals surface area contributed by atoms with Crippen LogP contribution in [0.2, 0.25) is 0 Å². The first kappa shape index (κ1) is 39.4. The summed E-state index contributed by atoms with van der Waals surface area (Å²) < 4.78 is 0. The predicted octanol–water partition coefficient (Wildman–Crippen LogP) is 14.1. The van der Waals surface area contributed by atoms with Gasteiger partial charge in [0.05, 0.1) is 29.3 Å². The molecule has 0 atom stereocenters. The minimum atomic E-state index is 0.827. The second kappa shape index (κ2) is 16.9. The molecule has 5 heteroatoms. The zero-order valence-electron chi connectivity index (χ0n) is 36.2. The van der Waals surface area contributed by atoms with E-state index in [1.165, 1.54) is 67.1 Å². The normalized spacial score (nSPS) is 16.2. The molecule has 0 N–H and O–H groups in total. The van der Waals surface area contributed by atoms with Gasteiger partial charge in [-0.1, -0.05) is 162 Å². The van der Waals surface area contributed by atoms with Crippen molar-refractivity contribution in [3.63, 3.8) is 0 Å². The SMILES string of the molecule is Cc1ccc(N=C2c3ccccc3/C(=C3\c4ccccc4CN3c3ccccc3)N2c2ccc(C)cc2)cc1.Cc1ccc(N=C2c3ccccc3CN2c2ccc(C)cc2)cc1. The molecule has 3 aliphatic heterocycles. The summed E-state index contributed by atoms with van der Waals surface area (Å²) in [6, 6.07) is 71.0. The number of anilines is 3. The summed E-state index contributed by atoms with van der Waals surface area (Å²) in [7, 11) is 0. The fraction of sp³-hybridized carbons (Fsp3) is 0.103. The van der Waals surface area contributed by atoms with Gasteiger partial charge in [0.25, 0.3) is 0 Å². The Labute approximate surface area is 371 Å². The highest BCUT2D eigenvalue weighted by Crippen LogP contribution is 2.48. The number of rotatable bonds is 5. The number of aliphatic imine (C=N–C) groups is 2. The largest absolute Gasteiger partial charge is 0.335 e. The van der Waals surface area contributed by atoms with Gasteiger partial charge in [0.15, 0.2) is 0 Å². The van der Waals surface area contributed by atoms with E-state index in [-0.39, 0.29) is 0 Å². The van der Waals surface area contributed by atoms with Gasteiger partial charge >= 0.3 is 0 Å². The van der Waals surface area contributed by atoms with Crippen LogP contribution in [-0.2, 0) is 13.1 Å². The number of benzene rings is 8. The molecule has 3 aliphatic rings. The number of hydrogen-bond donors (Lipinski definition) is 0. The molecule has 0 amide bonds. The van der Waals surface area contributed by atoms with E-state index < -0.39 is 0 Å². The Balaban J connectivity index is 0.000000168. The molecule has 8 aromatic rings. The second-order valence-electron chi connectivity index (χ2n) is 16.6. The zero-order chi connectivity index (χ0) is 42.9. The van der Waals surface area contributed by atoms with E-state index in [1.54, 1.807) is 0 Å². The van der Waals surface area contributed by atoms with E-state index in [9.17, 15) is 0 Å². The van der Waals surface area contributed by atoms with E-state index in [0.717, 1.165) is 53.1 Å². The van der Waals surface area contributed by atoms with Crippen molar-refractivity contribution in [3.05, 3.63) is 256 Å². The van der Waals surface area contributed by atoms with Gasteiger partial charge in [0.2, 0.25) is 0 Å². The van der Waals surface area contributed by atoms with Crippen LogP contribution >= 0.6 is 0 Å². The molecule has 63 heavy (non-hydrogen) atoms. The summed E-state index contributed by atoms with van der Waals surface area (Å²) in [5.41, 5.74) is 20.2. The standard InChI is InChI=1S/C36H29N3.C22H20N2/c1-25-16-20-28(21-17-25)37-36-33-15-9-8-14-32(33)35(39(36)30-22-18-26(2)19-23-30)34-31-13-7-6-10-27(31)24-38(34)29-11-4-3-5-12-29;1-16-7-11-19(12-8-16)23-22-21-6-4-3-5-18(21)15-24(22)20-13-9-17(2)10-14-20/h3-23H,24H2,1-2H3;3-14H,15H2,1-2H3/b35-34-,37-36?;. The molecule has 0 aliphatic carbocycles. The Morgan fingerprint density at radius 1 is 0.317 bits per heavy atom. The van der Waals surface area contributed by atoms with E-state index in [1.807, 2.05) is 0 Å². The van der Waals surface area contributed by atoms with E-state index in [4.69, 9.17) is 9.98 Å². The summed E-state index contributed by atoms with van der Waals surface area (Å²) in [6.45, 7) is 10.1. The fourth-order valence-corrected chi connectivity index (χ4v) is 8.70. The predicted molar refractivity (Wildman–Crippen MR) is 265 cm³/mol. The lowest BCUT2D eigenvalue weighted by molar-refractivity contribution is 1.04. The summed E-state index contributed by atoms with van der Waals surface area (Å²) in [5, 5.41) is 0. The van der Waals surface area contributed by atoms with Crippen molar-refractivity contribution in [3.8, 4) is 0 Å². The first-order chi connectivity index (χ1) is 30.9. The maximum absolute atomic E-state index is 5.29.